The molecule has 0 amide bonds. The van der Waals surface area contributed by atoms with Gasteiger partial charge >= 0.3 is 0 Å². The van der Waals surface area contributed by atoms with E-state index < -0.39 is 0 Å². The van der Waals surface area contributed by atoms with Gasteiger partial charge < -0.3 is 14.0 Å². The van der Waals surface area contributed by atoms with Crippen LogP contribution in [0.5, 0.6) is 0 Å². The zero-order valence-electron chi connectivity index (χ0n) is 10.6. The average Bonchev–Trinajstić information content (AvgIpc) is 2.82. The highest BCUT2D eigenvalue weighted by molar-refractivity contribution is 9.10. The molecule has 0 N–H and O–H groups in total. The van der Waals surface area contributed by atoms with Gasteiger partial charge in [-0.2, -0.15) is 0 Å². The monoisotopic (exact) mass is 312 g/mol. The summed E-state index contributed by atoms with van der Waals surface area (Å²) in [5.41, 5.74) is 0.872. The third kappa shape index (κ3) is 2.81. The van der Waals surface area contributed by atoms with Crippen LogP contribution in [0, 0.1) is 0 Å². The van der Waals surface area contributed by atoms with E-state index in [0.29, 0.717) is 6.61 Å². The Morgan fingerprint density at radius 2 is 2.28 bits per heavy atom. The van der Waals surface area contributed by atoms with Gasteiger partial charge in [-0.3, -0.25) is 0 Å². The molecule has 18 heavy (non-hydrogen) atoms. The smallest absolute Gasteiger partial charge is 0.180 e. The molecular formula is C12H17BrN4O. The Balaban J connectivity index is 2.28. The molecule has 98 valence electrons. The van der Waals surface area contributed by atoms with Crippen molar-refractivity contribution in [2.24, 2.45) is 0 Å². The SMILES string of the molecule is CCOCCN(CC)c1nc(Br)cn2ccnc12. The van der Waals surface area contributed by atoms with E-state index in [0.717, 1.165) is 35.8 Å². The lowest BCUT2D eigenvalue weighted by Crippen LogP contribution is -2.28. The minimum atomic E-state index is 0.700. The number of imidazole rings is 1. The first-order chi connectivity index (χ1) is 8.76. The number of hydrogen-bond donors (Lipinski definition) is 0. The van der Waals surface area contributed by atoms with Gasteiger partial charge in [-0.1, -0.05) is 0 Å². The largest absolute Gasteiger partial charge is 0.380 e. The second kappa shape index (κ2) is 6.15. The van der Waals surface area contributed by atoms with Crippen molar-refractivity contribution in [3.05, 3.63) is 23.2 Å². The Hall–Kier alpha value is -1.14. The minimum absolute atomic E-state index is 0.700. The number of nitrogens with zero attached hydrogens (tertiary/aromatic N) is 4. The normalized spacial score (nSPS) is 11.1. The molecule has 0 aromatic carbocycles. The minimum Gasteiger partial charge on any atom is -0.380 e. The van der Waals surface area contributed by atoms with Crippen molar-refractivity contribution in [1.29, 1.82) is 0 Å². The van der Waals surface area contributed by atoms with Gasteiger partial charge in [0.25, 0.3) is 0 Å². The highest BCUT2D eigenvalue weighted by Crippen LogP contribution is 2.20. The molecule has 5 nitrogen and oxygen atoms in total. The third-order valence-corrected chi connectivity index (χ3v) is 3.10. The Morgan fingerprint density at radius 3 is 3.00 bits per heavy atom. The Labute approximate surface area is 115 Å². The molecule has 0 fully saturated rings. The molecule has 0 bridgehead atoms. The Bertz CT molecular complexity index is 514. The summed E-state index contributed by atoms with van der Waals surface area (Å²) >= 11 is 3.43. The summed E-state index contributed by atoms with van der Waals surface area (Å²) in [6.07, 6.45) is 5.60. The fraction of sp³-hybridized carbons (Fsp3) is 0.500. The molecule has 2 aromatic rings. The van der Waals surface area contributed by atoms with Crippen molar-refractivity contribution in [3.8, 4) is 0 Å². The fourth-order valence-corrected chi connectivity index (χ4v) is 2.22. The molecule has 2 rings (SSSR count). The van der Waals surface area contributed by atoms with Crippen LogP contribution in [0.25, 0.3) is 5.65 Å². The molecule has 0 aliphatic rings. The van der Waals surface area contributed by atoms with Gasteiger partial charge in [0, 0.05) is 38.3 Å². The first-order valence-electron chi connectivity index (χ1n) is 6.08. The molecular weight excluding hydrogens is 296 g/mol. The first kappa shape index (κ1) is 13.3. The lowest BCUT2D eigenvalue weighted by Gasteiger charge is -2.22. The molecule has 2 heterocycles. The van der Waals surface area contributed by atoms with Crippen molar-refractivity contribution in [2.75, 3.05) is 31.2 Å². The second-order valence-corrected chi connectivity index (χ2v) is 4.63. The lowest BCUT2D eigenvalue weighted by atomic mass is 10.4. The van der Waals surface area contributed by atoms with Crippen molar-refractivity contribution in [2.45, 2.75) is 13.8 Å². The quantitative estimate of drug-likeness (QED) is 0.768. The molecule has 0 saturated heterocycles. The molecule has 0 unspecified atom stereocenters. The molecule has 2 aromatic heterocycles. The van der Waals surface area contributed by atoms with Crippen LogP contribution in [0.4, 0.5) is 5.82 Å². The van der Waals surface area contributed by atoms with Gasteiger partial charge in [0.05, 0.1) is 6.61 Å². The summed E-state index contributed by atoms with van der Waals surface area (Å²) in [6, 6.07) is 0. The number of aromatic nitrogens is 3. The third-order valence-electron chi connectivity index (χ3n) is 2.72. The van der Waals surface area contributed by atoms with Crippen molar-refractivity contribution in [1.82, 2.24) is 14.4 Å². The first-order valence-corrected chi connectivity index (χ1v) is 6.87. The van der Waals surface area contributed by atoms with Crippen LogP contribution in [0.3, 0.4) is 0 Å². The highest BCUT2D eigenvalue weighted by Gasteiger charge is 2.12. The average molecular weight is 313 g/mol. The van der Waals surface area contributed by atoms with E-state index in [2.05, 4.69) is 37.7 Å². The van der Waals surface area contributed by atoms with Gasteiger partial charge in [-0.05, 0) is 29.8 Å². The molecule has 6 heteroatoms. The number of rotatable bonds is 6. The highest BCUT2D eigenvalue weighted by atomic mass is 79.9. The predicted molar refractivity (Wildman–Crippen MR) is 75.1 cm³/mol. The second-order valence-electron chi connectivity index (χ2n) is 3.82. The van der Waals surface area contributed by atoms with Crippen LogP contribution in [0.1, 0.15) is 13.8 Å². The predicted octanol–water partition coefficient (Wildman–Crippen LogP) is 2.35. The Kier molecular flexibility index (Phi) is 4.54. The van der Waals surface area contributed by atoms with Gasteiger partial charge in [0.1, 0.15) is 4.60 Å². The van der Waals surface area contributed by atoms with E-state index in [-0.39, 0.29) is 0 Å². The molecule has 0 atom stereocenters. The maximum absolute atomic E-state index is 5.40. The maximum atomic E-state index is 5.40. The van der Waals surface area contributed by atoms with E-state index in [1.807, 2.05) is 23.7 Å². The van der Waals surface area contributed by atoms with Crippen LogP contribution >= 0.6 is 15.9 Å². The number of fused-ring (bicyclic) bond motifs is 1. The van der Waals surface area contributed by atoms with Gasteiger partial charge in [-0.15, -0.1) is 0 Å². The molecule has 0 spiro atoms. The summed E-state index contributed by atoms with van der Waals surface area (Å²) in [7, 11) is 0. The lowest BCUT2D eigenvalue weighted by molar-refractivity contribution is 0.154. The number of anilines is 1. The number of likely N-dealkylation sites (N-methyl/N-ethyl adjacent to an activating group) is 1. The number of ether oxygens (including phenoxy) is 1. The fourth-order valence-electron chi connectivity index (χ4n) is 1.83. The summed E-state index contributed by atoms with van der Waals surface area (Å²) in [5, 5.41) is 0. The Morgan fingerprint density at radius 1 is 1.44 bits per heavy atom. The summed E-state index contributed by atoms with van der Waals surface area (Å²) in [6.45, 7) is 7.23. The maximum Gasteiger partial charge on any atom is 0.180 e. The molecule has 0 radical (unpaired) electrons. The van der Waals surface area contributed by atoms with Gasteiger partial charge in [0.15, 0.2) is 11.5 Å². The molecule has 0 saturated carbocycles. The topological polar surface area (TPSA) is 42.7 Å². The number of hydrogen-bond acceptors (Lipinski definition) is 4. The summed E-state index contributed by atoms with van der Waals surface area (Å²) in [5.74, 6) is 0.886. The van der Waals surface area contributed by atoms with E-state index in [1.165, 1.54) is 0 Å². The van der Waals surface area contributed by atoms with Crippen molar-refractivity contribution < 1.29 is 4.74 Å². The standard InChI is InChI=1S/C12H17BrN4O/c1-3-16(7-8-18-4-2)12-11-14-5-6-17(11)9-10(13)15-12/h5-6,9H,3-4,7-8H2,1-2H3. The van der Waals surface area contributed by atoms with Crippen LogP contribution in [0.15, 0.2) is 23.2 Å². The summed E-state index contributed by atoms with van der Waals surface area (Å²) in [4.78, 5) is 11.1. The van der Waals surface area contributed by atoms with Crippen LogP contribution in [0.2, 0.25) is 0 Å². The zero-order chi connectivity index (χ0) is 13.0. The van der Waals surface area contributed by atoms with Crippen molar-refractivity contribution in [3.63, 3.8) is 0 Å². The van der Waals surface area contributed by atoms with Gasteiger partial charge in [0.2, 0.25) is 0 Å². The van der Waals surface area contributed by atoms with E-state index in [4.69, 9.17) is 4.74 Å². The molecule has 0 aliphatic carbocycles. The van der Waals surface area contributed by atoms with E-state index in [1.54, 1.807) is 6.20 Å². The van der Waals surface area contributed by atoms with E-state index >= 15 is 0 Å². The number of halogens is 1. The van der Waals surface area contributed by atoms with Crippen LogP contribution in [-0.4, -0.2) is 40.7 Å². The zero-order valence-corrected chi connectivity index (χ0v) is 12.2. The van der Waals surface area contributed by atoms with Crippen molar-refractivity contribution >= 4 is 27.4 Å². The summed E-state index contributed by atoms with van der Waals surface area (Å²) < 4.78 is 8.17. The van der Waals surface area contributed by atoms with E-state index in [9.17, 15) is 0 Å². The van der Waals surface area contributed by atoms with Gasteiger partial charge in [-0.25, -0.2) is 9.97 Å². The molecule has 0 aliphatic heterocycles. The van der Waals surface area contributed by atoms with Crippen LogP contribution < -0.4 is 4.90 Å². The van der Waals surface area contributed by atoms with Crippen LogP contribution in [-0.2, 0) is 4.74 Å².